The molecule has 1 unspecified atom stereocenters. The molecule has 1 aliphatic rings. The predicted octanol–water partition coefficient (Wildman–Crippen LogP) is 17.7. The smallest absolute Gasteiger partial charge is 0.222 e. The maximum atomic E-state index is 13.9. The van der Waals surface area contributed by atoms with E-state index < -0.39 is 0 Å². The molecule has 0 aromatic heterocycles. The highest BCUT2D eigenvalue weighted by atomic mass is 16.2. The lowest BCUT2D eigenvalue weighted by Crippen LogP contribution is -2.34. The molecule has 0 N–H and O–H groups in total. The quantitative estimate of drug-likeness (QED) is 0.0451. The van der Waals surface area contributed by atoms with Crippen LogP contribution in [0.3, 0.4) is 0 Å². The van der Waals surface area contributed by atoms with E-state index in [-0.39, 0.29) is 0 Å². The van der Waals surface area contributed by atoms with Crippen LogP contribution in [0.15, 0.2) is 11.6 Å². The molecule has 61 heavy (non-hydrogen) atoms. The minimum atomic E-state index is 0.429. The zero-order valence-electron chi connectivity index (χ0n) is 42.8. The highest BCUT2D eigenvalue weighted by Gasteiger charge is 2.27. The SMILES string of the molecule is CCCCCCCCC/C=C(/CCC(=O)N1CCC(CN(CCCCCCCCC)CCCCCCCCC)C1)CCN(CCCCCCCCC)CCCCCCCCC. The summed E-state index contributed by atoms with van der Waals surface area (Å²) in [4.78, 5) is 21.8. The van der Waals surface area contributed by atoms with Gasteiger partial charge in [0.2, 0.25) is 5.91 Å². The van der Waals surface area contributed by atoms with Crippen LogP contribution in [0.4, 0.5) is 0 Å². The van der Waals surface area contributed by atoms with Gasteiger partial charge in [0.25, 0.3) is 0 Å². The van der Waals surface area contributed by atoms with Gasteiger partial charge in [-0.1, -0.05) is 239 Å². The van der Waals surface area contributed by atoms with Crippen molar-refractivity contribution in [2.24, 2.45) is 5.92 Å². The first kappa shape index (κ1) is 58.1. The normalized spacial score (nSPS) is 14.7. The zero-order valence-corrected chi connectivity index (χ0v) is 42.8. The first-order chi connectivity index (χ1) is 30.1. The van der Waals surface area contributed by atoms with Crippen molar-refractivity contribution >= 4 is 5.91 Å². The standard InChI is InChI=1S/C57H113N3O/c1-6-11-16-21-26-27-32-37-42-55(45-51-58(47-38-33-28-22-17-12-7-2)48-39-34-29-23-18-13-8-3)43-44-57(61)60-52-46-56(54-60)53-59(49-40-35-30-24-19-14-9-4)50-41-36-31-25-20-15-10-5/h42,56H,6-41,43-54H2,1-5H3/b55-42-. The van der Waals surface area contributed by atoms with Crippen molar-refractivity contribution in [3.8, 4) is 0 Å². The van der Waals surface area contributed by atoms with Gasteiger partial charge in [0.15, 0.2) is 0 Å². The molecule has 0 spiro atoms. The molecule has 0 saturated carbocycles. The molecule has 0 aliphatic carbocycles. The molecule has 0 aromatic carbocycles. The Labute approximate surface area is 385 Å². The minimum absolute atomic E-state index is 0.429. The Kier molecular flexibility index (Phi) is 43.6. The van der Waals surface area contributed by atoms with Gasteiger partial charge in [0.1, 0.15) is 0 Å². The van der Waals surface area contributed by atoms with Crippen molar-refractivity contribution in [2.75, 3.05) is 52.4 Å². The second kappa shape index (κ2) is 45.7. The molecule has 362 valence electrons. The molecular formula is C57H113N3O. The van der Waals surface area contributed by atoms with Gasteiger partial charge in [-0.25, -0.2) is 0 Å². The van der Waals surface area contributed by atoms with Gasteiger partial charge in [-0.05, 0) is 89.9 Å². The van der Waals surface area contributed by atoms with Gasteiger partial charge in [0.05, 0.1) is 0 Å². The number of unbranched alkanes of at least 4 members (excludes halogenated alkanes) is 31. The monoisotopic (exact) mass is 856 g/mol. The van der Waals surface area contributed by atoms with Crippen LogP contribution >= 0.6 is 0 Å². The van der Waals surface area contributed by atoms with Crippen LogP contribution in [-0.4, -0.2) is 73.0 Å². The Morgan fingerprint density at radius 1 is 0.426 bits per heavy atom. The topological polar surface area (TPSA) is 26.8 Å². The van der Waals surface area contributed by atoms with Crippen LogP contribution in [0.5, 0.6) is 0 Å². The maximum absolute atomic E-state index is 13.9. The predicted molar refractivity (Wildman–Crippen MR) is 274 cm³/mol. The van der Waals surface area contributed by atoms with Gasteiger partial charge in [-0.2, -0.15) is 0 Å². The van der Waals surface area contributed by atoms with E-state index in [4.69, 9.17) is 0 Å². The first-order valence-corrected chi connectivity index (χ1v) is 28.5. The second-order valence-electron chi connectivity index (χ2n) is 20.1. The zero-order chi connectivity index (χ0) is 44.1. The summed E-state index contributed by atoms with van der Waals surface area (Å²) in [5, 5.41) is 0. The number of carbonyl (C=O) groups excluding carboxylic acids is 1. The summed E-state index contributed by atoms with van der Waals surface area (Å²) in [6, 6.07) is 0. The summed E-state index contributed by atoms with van der Waals surface area (Å²) >= 11 is 0. The van der Waals surface area contributed by atoms with Gasteiger partial charge < -0.3 is 14.7 Å². The van der Waals surface area contributed by atoms with Crippen LogP contribution in [0.25, 0.3) is 0 Å². The number of likely N-dealkylation sites (tertiary alicyclic amines) is 1. The third-order valence-corrected chi connectivity index (χ3v) is 14.1. The summed E-state index contributed by atoms with van der Waals surface area (Å²) in [7, 11) is 0. The van der Waals surface area contributed by atoms with E-state index in [9.17, 15) is 4.79 Å². The van der Waals surface area contributed by atoms with Crippen molar-refractivity contribution in [2.45, 2.75) is 291 Å². The Balaban J connectivity index is 2.78. The van der Waals surface area contributed by atoms with Crippen LogP contribution in [0, 0.1) is 5.92 Å². The van der Waals surface area contributed by atoms with Gasteiger partial charge in [-0.3, -0.25) is 4.79 Å². The van der Waals surface area contributed by atoms with Gasteiger partial charge >= 0.3 is 0 Å². The average Bonchev–Trinajstić information content (AvgIpc) is 3.74. The van der Waals surface area contributed by atoms with Crippen LogP contribution < -0.4 is 0 Å². The third-order valence-electron chi connectivity index (χ3n) is 14.1. The van der Waals surface area contributed by atoms with E-state index in [1.54, 1.807) is 5.57 Å². The number of carbonyl (C=O) groups is 1. The molecule has 1 aliphatic heterocycles. The number of rotatable bonds is 48. The second-order valence-corrected chi connectivity index (χ2v) is 20.1. The Hall–Kier alpha value is -0.870. The number of nitrogens with zero attached hydrogens (tertiary/aromatic N) is 3. The highest BCUT2D eigenvalue weighted by Crippen LogP contribution is 2.23. The number of hydrogen-bond donors (Lipinski definition) is 0. The summed E-state index contributed by atoms with van der Waals surface area (Å²) in [6.07, 6.45) is 56.3. The third kappa shape index (κ3) is 37.1. The fraction of sp³-hybridized carbons (Fsp3) is 0.947. The van der Waals surface area contributed by atoms with Crippen molar-refractivity contribution in [3.05, 3.63) is 11.6 Å². The van der Waals surface area contributed by atoms with Crippen molar-refractivity contribution in [1.82, 2.24) is 14.7 Å². The molecule has 0 aromatic rings. The lowest BCUT2D eigenvalue weighted by atomic mass is 10.0. The largest absolute Gasteiger partial charge is 0.342 e. The van der Waals surface area contributed by atoms with E-state index in [1.807, 2.05) is 0 Å². The lowest BCUT2D eigenvalue weighted by Gasteiger charge is -2.26. The molecule has 4 nitrogen and oxygen atoms in total. The van der Waals surface area contributed by atoms with E-state index in [2.05, 4.69) is 55.4 Å². The summed E-state index contributed by atoms with van der Waals surface area (Å²) in [6.45, 7) is 21.0. The molecular weight excluding hydrogens is 743 g/mol. The molecule has 1 fully saturated rings. The number of hydrogen-bond acceptors (Lipinski definition) is 3. The molecule has 0 bridgehead atoms. The van der Waals surface area contributed by atoms with Gasteiger partial charge in [-0.15, -0.1) is 0 Å². The van der Waals surface area contributed by atoms with E-state index in [0.717, 1.165) is 25.9 Å². The van der Waals surface area contributed by atoms with Crippen molar-refractivity contribution in [3.63, 3.8) is 0 Å². The molecule has 0 radical (unpaired) electrons. The van der Waals surface area contributed by atoms with Crippen molar-refractivity contribution < 1.29 is 4.79 Å². The Bertz CT molecular complexity index is 898. The minimum Gasteiger partial charge on any atom is -0.342 e. The van der Waals surface area contributed by atoms with Crippen LogP contribution in [0.1, 0.15) is 291 Å². The molecule has 1 heterocycles. The van der Waals surface area contributed by atoms with E-state index in [1.165, 1.54) is 277 Å². The summed E-state index contributed by atoms with van der Waals surface area (Å²) in [5.41, 5.74) is 1.58. The summed E-state index contributed by atoms with van der Waals surface area (Å²) in [5.74, 6) is 1.08. The van der Waals surface area contributed by atoms with Gasteiger partial charge in [0, 0.05) is 32.6 Å². The molecule has 4 heteroatoms. The highest BCUT2D eigenvalue weighted by molar-refractivity contribution is 5.76. The van der Waals surface area contributed by atoms with Crippen molar-refractivity contribution in [1.29, 1.82) is 0 Å². The number of allylic oxidation sites excluding steroid dienone is 1. The Morgan fingerprint density at radius 3 is 1.20 bits per heavy atom. The van der Waals surface area contributed by atoms with Crippen LogP contribution in [0.2, 0.25) is 0 Å². The fourth-order valence-corrected chi connectivity index (χ4v) is 9.84. The lowest BCUT2D eigenvalue weighted by molar-refractivity contribution is -0.130. The molecule has 1 amide bonds. The number of amides is 1. The Morgan fingerprint density at radius 2 is 0.787 bits per heavy atom. The maximum Gasteiger partial charge on any atom is 0.222 e. The first-order valence-electron chi connectivity index (χ1n) is 28.5. The molecule has 1 rings (SSSR count). The average molecular weight is 857 g/mol. The van der Waals surface area contributed by atoms with Crippen LogP contribution in [-0.2, 0) is 4.79 Å². The molecule has 1 saturated heterocycles. The van der Waals surface area contributed by atoms with E-state index >= 15 is 0 Å². The summed E-state index contributed by atoms with van der Waals surface area (Å²) < 4.78 is 0. The fourth-order valence-electron chi connectivity index (χ4n) is 9.84. The molecule has 1 atom stereocenters. The van der Waals surface area contributed by atoms with E-state index in [0.29, 0.717) is 18.2 Å².